The second-order valence-electron chi connectivity index (χ2n) is 13.7. The summed E-state index contributed by atoms with van der Waals surface area (Å²) in [7, 11) is 0. The summed E-state index contributed by atoms with van der Waals surface area (Å²) < 4.78 is 44.1. The van der Waals surface area contributed by atoms with Gasteiger partial charge in [0.15, 0.2) is 0 Å². The van der Waals surface area contributed by atoms with Gasteiger partial charge in [-0.2, -0.15) is 13.2 Å². The van der Waals surface area contributed by atoms with Gasteiger partial charge in [0.25, 0.3) is 0 Å². The SMILES string of the molecule is CC12CC[C@@]34CC35CC[C@H](O)C(C)(C)C5CCC4C1CC1OC(CNCC(F)(F)F)CCC12. The summed E-state index contributed by atoms with van der Waals surface area (Å²) in [5, 5.41) is 13.4. The first kappa shape index (κ1) is 23.1. The van der Waals surface area contributed by atoms with Crippen molar-refractivity contribution in [3.63, 3.8) is 0 Å². The molecule has 10 atom stereocenters. The third kappa shape index (κ3) is 3.11. The summed E-state index contributed by atoms with van der Waals surface area (Å²) >= 11 is 0. The van der Waals surface area contributed by atoms with Crippen LogP contribution in [0.1, 0.15) is 85.0 Å². The Morgan fingerprint density at radius 3 is 2.42 bits per heavy atom. The van der Waals surface area contributed by atoms with Crippen molar-refractivity contribution in [3.8, 4) is 0 Å². The fourth-order valence-electron chi connectivity index (χ4n) is 10.8. The monoisotopic (exact) mass is 469 g/mol. The molecule has 0 bridgehead atoms. The van der Waals surface area contributed by atoms with E-state index in [2.05, 4.69) is 26.1 Å². The van der Waals surface area contributed by atoms with Gasteiger partial charge in [-0.05, 0) is 110 Å². The van der Waals surface area contributed by atoms with Crippen LogP contribution in [0.2, 0.25) is 0 Å². The van der Waals surface area contributed by atoms with Crippen molar-refractivity contribution in [1.29, 1.82) is 0 Å². The highest BCUT2D eigenvalue weighted by molar-refractivity contribution is 5.29. The lowest BCUT2D eigenvalue weighted by atomic mass is 9.46. The number of aliphatic hydroxyl groups is 1. The van der Waals surface area contributed by atoms with Crippen molar-refractivity contribution in [1.82, 2.24) is 5.32 Å². The topological polar surface area (TPSA) is 41.5 Å². The van der Waals surface area contributed by atoms with Gasteiger partial charge in [0.1, 0.15) is 0 Å². The van der Waals surface area contributed by atoms with Gasteiger partial charge >= 0.3 is 6.18 Å². The van der Waals surface area contributed by atoms with Crippen LogP contribution in [0, 0.1) is 45.3 Å². The van der Waals surface area contributed by atoms with Crippen LogP contribution < -0.4 is 5.32 Å². The number of halogens is 3. The number of hydrogen-bond acceptors (Lipinski definition) is 3. The van der Waals surface area contributed by atoms with E-state index in [4.69, 9.17) is 4.74 Å². The molecule has 33 heavy (non-hydrogen) atoms. The molecule has 8 unspecified atom stereocenters. The van der Waals surface area contributed by atoms with Gasteiger partial charge in [-0.25, -0.2) is 0 Å². The minimum Gasteiger partial charge on any atom is -0.393 e. The molecule has 188 valence electrons. The minimum absolute atomic E-state index is 0.0247. The van der Waals surface area contributed by atoms with Gasteiger partial charge in [0, 0.05) is 6.54 Å². The van der Waals surface area contributed by atoms with Crippen LogP contribution in [0.25, 0.3) is 0 Å². The minimum atomic E-state index is -4.16. The maximum Gasteiger partial charge on any atom is 0.401 e. The van der Waals surface area contributed by atoms with Crippen molar-refractivity contribution in [2.24, 2.45) is 45.3 Å². The lowest BCUT2D eigenvalue weighted by molar-refractivity contribution is -0.136. The largest absolute Gasteiger partial charge is 0.401 e. The summed E-state index contributed by atoms with van der Waals surface area (Å²) in [4.78, 5) is 0. The average molecular weight is 470 g/mol. The van der Waals surface area contributed by atoms with E-state index < -0.39 is 12.7 Å². The second kappa shape index (κ2) is 7.12. The van der Waals surface area contributed by atoms with E-state index in [1.807, 2.05) is 0 Å². The zero-order chi connectivity index (χ0) is 23.4. The number of rotatable bonds is 3. The Kier molecular flexibility index (Phi) is 4.98. The Morgan fingerprint density at radius 1 is 0.909 bits per heavy atom. The van der Waals surface area contributed by atoms with Crippen LogP contribution in [0.3, 0.4) is 0 Å². The lowest BCUT2D eigenvalue weighted by Crippen LogP contribution is -2.54. The molecule has 6 heteroatoms. The Morgan fingerprint density at radius 2 is 1.67 bits per heavy atom. The number of aliphatic hydroxyl groups excluding tert-OH is 1. The first-order chi connectivity index (χ1) is 15.4. The summed E-state index contributed by atoms with van der Waals surface area (Å²) in [6.45, 7) is 6.53. The fraction of sp³-hybridized carbons (Fsp3) is 1.00. The number of nitrogens with one attached hydrogen (secondary N) is 1. The standard InChI is InChI=1S/C27H42F3NO2/c1-23(2)21-7-6-17-19-12-20-18(5-4-16(33-20)13-31-15-27(28,29)30)24(19,3)10-11-25(17)14-26(21,25)9-8-22(23)32/h16-22,31-32H,4-15H2,1-3H3/t16?,17?,18?,19?,20?,21?,22-,24?,25-,26?/m0/s1. The Hall–Kier alpha value is -0.330. The molecule has 6 fully saturated rings. The first-order valence-corrected chi connectivity index (χ1v) is 13.5. The van der Waals surface area contributed by atoms with E-state index >= 15 is 0 Å². The predicted molar refractivity (Wildman–Crippen MR) is 120 cm³/mol. The van der Waals surface area contributed by atoms with E-state index in [1.165, 1.54) is 38.5 Å². The van der Waals surface area contributed by atoms with E-state index in [0.717, 1.165) is 31.6 Å². The highest BCUT2D eigenvalue weighted by Crippen LogP contribution is 2.87. The zero-order valence-corrected chi connectivity index (χ0v) is 20.5. The van der Waals surface area contributed by atoms with Gasteiger partial charge in [-0.1, -0.05) is 20.8 Å². The number of hydrogen-bond donors (Lipinski definition) is 2. The van der Waals surface area contributed by atoms with Crippen molar-refractivity contribution in [2.75, 3.05) is 13.1 Å². The van der Waals surface area contributed by atoms with E-state index in [9.17, 15) is 18.3 Å². The molecule has 5 saturated carbocycles. The molecule has 3 nitrogen and oxygen atoms in total. The third-order valence-electron chi connectivity index (χ3n) is 12.4. The molecule has 0 aromatic carbocycles. The molecule has 0 amide bonds. The number of alkyl halides is 3. The van der Waals surface area contributed by atoms with Gasteiger partial charge in [0.2, 0.25) is 0 Å². The van der Waals surface area contributed by atoms with Crippen molar-refractivity contribution >= 4 is 0 Å². The Bertz CT molecular complexity index is 801. The zero-order valence-electron chi connectivity index (χ0n) is 20.5. The second-order valence-corrected chi connectivity index (χ2v) is 13.7. The summed E-state index contributed by atoms with van der Waals surface area (Å²) in [5.41, 5.74) is 1.29. The highest BCUT2D eigenvalue weighted by atomic mass is 19.4. The molecule has 1 heterocycles. The van der Waals surface area contributed by atoms with Crippen LogP contribution in [-0.4, -0.2) is 42.7 Å². The normalized spacial score (nSPS) is 54.5. The smallest absolute Gasteiger partial charge is 0.393 e. The molecule has 1 saturated heterocycles. The molecular weight excluding hydrogens is 427 g/mol. The summed E-state index contributed by atoms with van der Waals surface area (Å²) in [5.74, 6) is 2.68. The molecule has 5 aliphatic carbocycles. The van der Waals surface area contributed by atoms with E-state index in [1.54, 1.807) is 0 Å². The van der Waals surface area contributed by atoms with Gasteiger partial charge in [-0.3, -0.25) is 0 Å². The average Bonchev–Trinajstić information content (AvgIpc) is 3.31. The maximum absolute atomic E-state index is 12.5. The highest BCUT2D eigenvalue weighted by Gasteiger charge is 2.80. The summed E-state index contributed by atoms with van der Waals surface area (Å²) in [6, 6.07) is 0. The molecule has 0 radical (unpaired) electrons. The lowest BCUT2D eigenvalue weighted by Gasteiger charge is -2.59. The predicted octanol–water partition coefficient (Wildman–Crippen LogP) is 5.71. The van der Waals surface area contributed by atoms with Crippen molar-refractivity contribution < 1.29 is 23.0 Å². The number of ether oxygens (including phenoxy) is 1. The van der Waals surface area contributed by atoms with E-state index in [-0.39, 0.29) is 23.7 Å². The van der Waals surface area contributed by atoms with Crippen LogP contribution in [-0.2, 0) is 4.74 Å². The van der Waals surface area contributed by atoms with Crippen molar-refractivity contribution in [2.45, 2.75) is 109 Å². The van der Waals surface area contributed by atoms with Gasteiger partial charge < -0.3 is 15.2 Å². The quantitative estimate of drug-likeness (QED) is 0.557. The Balaban J connectivity index is 1.18. The van der Waals surface area contributed by atoms with Crippen molar-refractivity contribution in [3.05, 3.63) is 0 Å². The third-order valence-corrected chi connectivity index (χ3v) is 12.4. The molecule has 6 aliphatic rings. The fourth-order valence-corrected chi connectivity index (χ4v) is 10.8. The molecule has 2 spiro atoms. The molecule has 1 aliphatic heterocycles. The maximum atomic E-state index is 12.5. The van der Waals surface area contributed by atoms with Crippen LogP contribution in [0.5, 0.6) is 0 Å². The van der Waals surface area contributed by atoms with Gasteiger partial charge in [0.05, 0.1) is 24.9 Å². The Labute approximate surface area is 196 Å². The molecule has 0 aromatic rings. The van der Waals surface area contributed by atoms with Crippen LogP contribution in [0.15, 0.2) is 0 Å². The first-order valence-electron chi connectivity index (χ1n) is 13.5. The molecular formula is C27H42F3NO2. The molecule has 2 N–H and O–H groups in total. The van der Waals surface area contributed by atoms with E-state index in [0.29, 0.717) is 40.5 Å². The van der Waals surface area contributed by atoms with Gasteiger partial charge in [-0.15, -0.1) is 0 Å². The summed E-state index contributed by atoms with van der Waals surface area (Å²) in [6.07, 6.45) is 7.60. The molecule has 6 rings (SSSR count). The number of fused-ring (bicyclic) bond motifs is 4. The molecule has 0 aromatic heterocycles. The van der Waals surface area contributed by atoms with Crippen LogP contribution in [0.4, 0.5) is 13.2 Å². The van der Waals surface area contributed by atoms with Crippen LogP contribution >= 0.6 is 0 Å².